The molecule has 0 unspecified atom stereocenters. The topological polar surface area (TPSA) is 63.6 Å². The van der Waals surface area contributed by atoms with Crippen LogP contribution in [0.5, 0.6) is 0 Å². The minimum Gasteiger partial charge on any atom is -0.457 e. The first-order valence-corrected chi connectivity index (χ1v) is 4.51. The van der Waals surface area contributed by atoms with Crippen LogP contribution in [0.3, 0.4) is 0 Å². The van der Waals surface area contributed by atoms with Crippen LogP contribution in [-0.2, 0) is 14.3 Å². The zero-order chi connectivity index (χ0) is 11.3. The SMILES string of the molecule is CC(=O)C=CC1=C(C=CCO)C(=O)OC1. The van der Waals surface area contributed by atoms with Crippen molar-refractivity contribution in [1.29, 1.82) is 0 Å². The molecule has 0 aromatic carbocycles. The maximum absolute atomic E-state index is 11.2. The number of aliphatic hydroxyl groups excluding tert-OH is 1. The third-order valence-electron chi connectivity index (χ3n) is 1.83. The Balaban J connectivity index is 2.90. The molecule has 0 aromatic rings. The number of esters is 1. The minimum atomic E-state index is -0.428. The summed E-state index contributed by atoms with van der Waals surface area (Å²) < 4.78 is 4.80. The molecular weight excluding hydrogens is 196 g/mol. The largest absolute Gasteiger partial charge is 0.457 e. The Bertz CT molecular complexity index is 361. The van der Waals surface area contributed by atoms with E-state index in [0.717, 1.165) is 0 Å². The van der Waals surface area contributed by atoms with Gasteiger partial charge < -0.3 is 9.84 Å². The predicted molar refractivity (Wildman–Crippen MR) is 54.0 cm³/mol. The highest BCUT2D eigenvalue weighted by atomic mass is 16.5. The first-order valence-electron chi connectivity index (χ1n) is 4.51. The van der Waals surface area contributed by atoms with Crippen molar-refractivity contribution in [3.63, 3.8) is 0 Å². The van der Waals surface area contributed by atoms with Crippen molar-refractivity contribution in [2.75, 3.05) is 13.2 Å². The molecule has 4 nitrogen and oxygen atoms in total. The van der Waals surface area contributed by atoms with E-state index in [1.165, 1.54) is 25.2 Å². The van der Waals surface area contributed by atoms with E-state index in [1.807, 2.05) is 0 Å². The van der Waals surface area contributed by atoms with Gasteiger partial charge in [-0.15, -0.1) is 0 Å². The van der Waals surface area contributed by atoms with E-state index in [1.54, 1.807) is 6.08 Å². The number of rotatable bonds is 4. The highest BCUT2D eigenvalue weighted by Crippen LogP contribution is 2.18. The molecule has 15 heavy (non-hydrogen) atoms. The van der Waals surface area contributed by atoms with E-state index in [4.69, 9.17) is 9.84 Å². The summed E-state index contributed by atoms with van der Waals surface area (Å²) in [5, 5.41) is 8.58. The van der Waals surface area contributed by atoms with Gasteiger partial charge in [-0.05, 0) is 19.1 Å². The zero-order valence-electron chi connectivity index (χ0n) is 8.40. The van der Waals surface area contributed by atoms with Crippen LogP contribution in [0.2, 0.25) is 0 Å². The smallest absolute Gasteiger partial charge is 0.338 e. The first-order chi connectivity index (χ1) is 7.15. The van der Waals surface area contributed by atoms with Gasteiger partial charge >= 0.3 is 5.97 Å². The van der Waals surface area contributed by atoms with Crippen molar-refractivity contribution in [3.05, 3.63) is 35.5 Å². The van der Waals surface area contributed by atoms with Crippen LogP contribution in [-0.4, -0.2) is 30.1 Å². The number of hydrogen-bond donors (Lipinski definition) is 1. The van der Waals surface area contributed by atoms with Crippen LogP contribution < -0.4 is 0 Å². The fourth-order valence-corrected chi connectivity index (χ4v) is 1.13. The van der Waals surface area contributed by atoms with Gasteiger partial charge in [0, 0.05) is 5.57 Å². The molecule has 4 heteroatoms. The molecule has 1 aliphatic rings. The second-order valence-electron chi connectivity index (χ2n) is 3.04. The van der Waals surface area contributed by atoms with E-state index in [0.29, 0.717) is 11.1 Å². The van der Waals surface area contributed by atoms with Crippen LogP contribution >= 0.6 is 0 Å². The third kappa shape index (κ3) is 3.18. The lowest BCUT2D eigenvalue weighted by Gasteiger charge is -1.90. The Labute approximate surface area is 87.5 Å². The number of carbonyl (C=O) groups is 2. The molecule has 0 fully saturated rings. The molecule has 1 rings (SSSR count). The number of carbonyl (C=O) groups excluding carboxylic acids is 2. The molecule has 0 bridgehead atoms. The second kappa shape index (κ2) is 5.26. The van der Waals surface area contributed by atoms with Crippen molar-refractivity contribution in [2.45, 2.75) is 6.92 Å². The summed E-state index contributed by atoms with van der Waals surface area (Å²) in [4.78, 5) is 21.9. The van der Waals surface area contributed by atoms with Gasteiger partial charge in [0.25, 0.3) is 0 Å². The molecule has 0 saturated carbocycles. The molecular formula is C11H12O4. The van der Waals surface area contributed by atoms with Gasteiger partial charge in [-0.2, -0.15) is 0 Å². The van der Waals surface area contributed by atoms with E-state index in [-0.39, 0.29) is 19.0 Å². The average molecular weight is 208 g/mol. The fourth-order valence-electron chi connectivity index (χ4n) is 1.13. The van der Waals surface area contributed by atoms with Gasteiger partial charge in [-0.1, -0.05) is 12.2 Å². The van der Waals surface area contributed by atoms with Crippen LogP contribution in [0.4, 0.5) is 0 Å². The highest BCUT2D eigenvalue weighted by Gasteiger charge is 2.20. The number of cyclic esters (lactones) is 1. The van der Waals surface area contributed by atoms with E-state index >= 15 is 0 Å². The lowest BCUT2D eigenvalue weighted by atomic mass is 10.1. The molecule has 0 aliphatic carbocycles. The number of ketones is 1. The van der Waals surface area contributed by atoms with Gasteiger partial charge in [-0.3, -0.25) is 4.79 Å². The minimum absolute atomic E-state index is 0.0904. The Kier molecular flexibility index (Phi) is 4.00. The zero-order valence-corrected chi connectivity index (χ0v) is 8.40. The van der Waals surface area contributed by atoms with Crippen LogP contribution in [0.15, 0.2) is 35.5 Å². The lowest BCUT2D eigenvalue weighted by Crippen LogP contribution is -1.96. The predicted octanol–water partition coefficient (Wildman–Crippen LogP) is 0.533. The van der Waals surface area contributed by atoms with Crippen molar-refractivity contribution >= 4 is 11.8 Å². The van der Waals surface area contributed by atoms with Crippen molar-refractivity contribution in [2.24, 2.45) is 0 Å². The Hall–Kier alpha value is -1.68. The van der Waals surface area contributed by atoms with Gasteiger partial charge in [0.2, 0.25) is 0 Å². The third-order valence-corrected chi connectivity index (χ3v) is 1.83. The molecule has 0 spiro atoms. The highest BCUT2D eigenvalue weighted by molar-refractivity contribution is 5.96. The molecule has 80 valence electrons. The summed E-state index contributed by atoms with van der Waals surface area (Å²) in [6.07, 6.45) is 5.88. The Morgan fingerprint density at radius 3 is 2.87 bits per heavy atom. The standard InChI is InChI=1S/C11H12O4/c1-8(13)4-5-9-7-15-11(14)10(9)3-2-6-12/h2-5,12H,6-7H2,1H3. The van der Waals surface area contributed by atoms with E-state index < -0.39 is 5.97 Å². The number of allylic oxidation sites excluding steroid dienone is 1. The van der Waals surface area contributed by atoms with E-state index in [2.05, 4.69) is 0 Å². The van der Waals surface area contributed by atoms with Crippen molar-refractivity contribution in [1.82, 2.24) is 0 Å². The molecule has 0 amide bonds. The van der Waals surface area contributed by atoms with Crippen molar-refractivity contribution < 1.29 is 19.4 Å². The second-order valence-corrected chi connectivity index (χ2v) is 3.04. The molecule has 0 atom stereocenters. The fraction of sp³-hybridized carbons (Fsp3) is 0.273. The van der Waals surface area contributed by atoms with Crippen molar-refractivity contribution in [3.8, 4) is 0 Å². The van der Waals surface area contributed by atoms with Crippen LogP contribution in [0, 0.1) is 0 Å². The first kappa shape index (κ1) is 11.4. The normalized spacial score (nSPS) is 16.8. The molecule has 0 aromatic heterocycles. The average Bonchev–Trinajstić information content (AvgIpc) is 2.53. The van der Waals surface area contributed by atoms with Crippen LogP contribution in [0.1, 0.15) is 6.92 Å². The molecule has 1 N–H and O–H groups in total. The van der Waals surface area contributed by atoms with Gasteiger partial charge in [0.1, 0.15) is 6.61 Å². The summed E-state index contributed by atoms with van der Waals surface area (Å²) >= 11 is 0. The maximum atomic E-state index is 11.2. The summed E-state index contributed by atoms with van der Waals surface area (Å²) in [6, 6.07) is 0. The Morgan fingerprint density at radius 2 is 2.27 bits per heavy atom. The van der Waals surface area contributed by atoms with E-state index in [9.17, 15) is 9.59 Å². The quantitative estimate of drug-likeness (QED) is 0.540. The van der Waals surface area contributed by atoms with Gasteiger partial charge in [0.05, 0.1) is 12.2 Å². The Morgan fingerprint density at radius 1 is 1.53 bits per heavy atom. The summed E-state index contributed by atoms with van der Waals surface area (Å²) in [7, 11) is 0. The van der Waals surface area contributed by atoms with Crippen LogP contribution in [0.25, 0.3) is 0 Å². The lowest BCUT2D eigenvalue weighted by molar-refractivity contribution is -0.135. The summed E-state index contributed by atoms with van der Waals surface area (Å²) in [6.45, 7) is 1.46. The number of aliphatic hydroxyl groups is 1. The summed E-state index contributed by atoms with van der Waals surface area (Å²) in [5.41, 5.74) is 1.04. The summed E-state index contributed by atoms with van der Waals surface area (Å²) in [5.74, 6) is -0.518. The monoisotopic (exact) mass is 208 g/mol. The van der Waals surface area contributed by atoms with Gasteiger partial charge in [0.15, 0.2) is 5.78 Å². The number of ether oxygens (including phenoxy) is 1. The molecule has 1 heterocycles. The number of hydrogen-bond acceptors (Lipinski definition) is 4. The molecule has 0 radical (unpaired) electrons. The van der Waals surface area contributed by atoms with Gasteiger partial charge in [-0.25, -0.2) is 4.79 Å². The molecule has 1 aliphatic heterocycles. The molecule has 0 saturated heterocycles. The maximum Gasteiger partial charge on any atom is 0.338 e.